The molecule has 0 fully saturated rings. The first kappa shape index (κ1) is 86.4. The van der Waals surface area contributed by atoms with E-state index in [4.69, 9.17) is 18.9 Å². The number of carbonyl (C=O) groups is 3. The molecule has 0 saturated carbocycles. The molecule has 2 unspecified atom stereocenters. The number of nitrogens with zero attached hydrogens (tertiary/aromatic N) is 1. The number of unbranched alkanes of at least 4 members (excludes halogenated alkanes) is 31. The van der Waals surface area contributed by atoms with E-state index in [2.05, 4.69) is 148 Å². The third kappa shape index (κ3) is 72.7. The number of hydrogen-bond donors (Lipinski definition) is 0. The molecule has 0 radical (unpaired) electrons. The fourth-order valence-electron chi connectivity index (χ4n) is 10.3. The summed E-state index contributed by atoms with van der Waals surface area (Å²) < 4.78 is 22.8. The Balaban J connectivity index is 4.09. The van der Waals surface area contributed by atoms with Crippen molar-refractivity contribution in [2.24, 2.45) is 0 Å². The Kier molecular flexibility index (Phi) is 67.7. The van der Waals surface area contributed by atoms with Crippen molar-refractivity contribution in [3.05, 3.63) is 134 Å². The molecule has 0 heterocycles. The fourth-order valence-corrected chi connectivity index (χ4v) is 10.3. The van der Waals surface area contributed by atoms with Gasteiger partial charge >= 0.3 is 11.9 Å². The van der Waals surface area contributed by atoms with Crippen LogP contribution in [0.1, 0.15) is 309 Å². The van der Waals surface area contributed by atoms with Crippen LogP contribution in [0.25, 0.3) is 0 Å². The van der Waals surface area contributed by atoms with Gasteiger partial charge in [-0.3, -0.25) is 9.59 Å². The molecule has 0 aliphatic carbocycles. The second-order valence-corrected chi connectivity index (χ2v) is 25.8. The Morgan fingerprint density at radius 3 is 0.879 bits per heavy atom. The minimum absolute atomic E-state index is 0.144. The molecule has 0 aliphatic rings. The van der Waals surface area contributed by atoms with E-state index in [1.54, 1.807) is 0 Å². The molecule has 0 aromatic heterocycles. The van der Waals surface area contributed by atoms with Gasteiger partial charge in [-0.2, -0.15) is 0 Å². The van der Waals surface area contributed by atoms with Gasteiger partial charge in [0.05, 0.1) is 40.3 Å². The van der Waals surface area contributed by atoms with Gasteiger partial charge in [0.1, 0.15) is 13.2 Å². The lowest BCUT2D eigenvalue weighted by molar-refractivity contribution is -0.870. The molecule has 91 heavy (non-hydrogen) atoms. The van der Waals surface area contributed by atoms with E-state index in [9.17, 15) is 19.5 Å². The van der Waals surface area contributed by atoms with Crippen LogP contribution in [0.15, 0.2) is 134 Å². The number of aliphatic carboxylic acids is 1. The summed E-state index contributed by atoms with van der Waals surface area (Å²) in [5.74, 6) is -2.28. The lowest BCUT2D eigenvalue weighted by atomic mass is 10.0. The highest BCUT2D eigenvalue weighted by molar-refractivity contribution is 5.70. The summed E-state index contributed by atoms with van der Waals surface area (Å²) in [4.78, 5) is 37.6. The van der Waals surface area contributed by atoms with Crippen molar-refractivity contribution >= 4 is 17.9 Å². The highest BCUT2D eigenvalue weighted by Crippen LogP contribution is 2.18. The maximum atomic E-state index is 13.0. The molecule has 0 rings (SSSR count). The smallest absolute Gasteiger partial charge is 0.306 e. The van der Waals surface area contributed by atoms with E-state index in [0.29, 0.717) is 17.4 Å². The van der Waals surface area contributed by atoms with Crippen LogP contribution in [-0.4, -0.2) is 82.3 Å². The van der Waals surface area contributed by atoms with Crippen molar-refractivity contribution in [2.75, 3.05) is 47.5 Å². The van der Waals surface area contributed by atoms with Gasteiger partial charge < -0.3 is 33.3 Å². The zero-order valence-corrected chi connectivity index (χ0v) is 59.4. The van der Waals surface area contributed by atoms with E-state index in [0.717, 1.165) is 109 Å². The third-order valence-corrected chi connectivity index (χ3v) is 15.9. The molecular formula is C82H139NO8. The predicted molar refractivity (Wildman–Crippen MR) is 389 cm³/mol. The third-order valence-electron chi connectivity index (χ3n) is 15.9. The summed E-state index contributed by atoms with van der Waals surface area (Å²) in [6.07, 6.45) is 99.7. The number of allylic oxidation sites excluding steroid dienone is 22. The van der Waals surface area contributed by atoms with Crippen molar-refractivity contribution < 1.29 is 42.9 Å². The fraction of sp³-hybridized carbons (Fsp3) is 0.695. The summed E-state index contributed by atoms with van der Waals surface area (Å²) in [6.45, 7) is 4.54. The zero-order valence-electron chi connectivity index (χ0n) is 59.4. The van der Waals surface area contributed by atoms with Gasteiger partial charge in [-0.15, -0.1) is 0 Å². The number of esters is 2. The first-order valence-corrected chi connectivity index (χ1v) is 37.3. The molecule has 0 saturated heterocycles. The van der Waals surface area contributed by atoms with Crippen molar-refractivity contribution in [1.82, 2.24) is 0 Å². The van der Waals surface area contributed by atoms with Crippen LogP contribution in [0.3, 0.4) is 0 Å². The van der Waals surface area contributed by atoms with Crippen LogP contribution >= 0.6 is 0 Å². The Morgan fingerprint density at radius 1 is 0.330 bits per heavy atom. The number of carboxylic acid groups (broad SMARTS) is 1. The zero-order chi connectivity index (χ0) is 66.1. The minimum Gasteiger partial charge on any atom is -0.545 e. The predicted octanol–water partition coefficient (Wildman–Crippen LogP) is 22.4. The number of carbonyl (C=O) groups excluding carboxylic acids is 3. The average Bonchev–Trinajstić information content (AvgIpc) is 3.46. The summed E-state index contributed by atoms with van der Waals surface area (Å²) in [7, 11) is 5.93. The first-order chi connectivity index (χ1) is 44.6. The van der Waals surface area contributed by atoms with Gasteiger partial charge in [-0.1, -0.05) is 321 Å². The number of likely N-dealkylation sites (N-methyl/N-ethyl adjacent to an activating group) is 1. The summed E-state index contributed by atoms with van der Waals surface area (Å²) in [5, 5.41) is 11.8. The second kappa shape index (κ2) is 71.3. The Labute approximate surface area is 560 Å². The van der Waals surface area contributed by atoms with Gasteiger partial charge in [0.2, 0.25) is 0 Å². The molecule has 0 N–H and O–H groups in total. The van der Waals surface area contributed by atoms with E-state index in [1.807, 2.05) is 21.1 Å². The molecule has 0 aromatic carbocycles. The molecule has 0 amide bonds. The monoisotopic (exact) mass is 1270 g/mol. The summed E-state index contributed by atoms with van der Waals surface area (Å²) in [5.41, 5.74) is 0. The molecule has 0 aliphatic heterocycles. The Hall–Kier alpha value is -4.57. The van der Waals surface area contributed by atoms with Crippen molar-refractivity contribution in [3.8, 4) is 0 Å². The molecule has 9 heteroatoms. The Morgan fingerprint density at radius 2 is 0.593 bits per heavy atom. The number of quaternary nitrogens is 1. The average molecular weight is 1270 g/mol. The molecule has 9 nitrogen and oxygen atoms in total. The van der Waals surface area contributed by atoms with Gasteiger partial charge in [0.15, 0.2) is 12.4 Å². The van der Waals surface area contributed by atoms with E-state index in [1.165, 1.54) is 167 Å². The van der Waals surface area contributed by atoms with Crippen molar-refractivity contribution in [2.45, 2.75) is 322 Å². The SMILES string of the molecule is CC/C=C\C/C=C\C/C=C\C/C=C\C/C=C\C/C=C\C/C=C\CCCCCCCCCCCCCCCC(=O)OC(COC(=O)CCCCCCCCCCCCCCCCCCCC/C=C\C/C=C\C/C=C\C/C=C\CC)COC(OCC[N+](C)(C)C)C(=O)[O-]. The van der Waals surface area contributed by atoms with Crippen molar-refractivity contribution in [1.29, 1.82) is 0 Å². The van der Waals surface area contributed by atoms with Gasteiger partial charge in [-0.05, 0) is 109 Å². The molecular weight excluding hydrogens is 1130 g/mol. The lowest BCUT2D eigenvalue weighted by Gasteiger charge is -2.26. The highest BCUT2D eigenvalue weighted by atomic mass is 16.7. The first-order valence-electron chi connectivity index (χ1n) is 37.3. The topological polar surface area (TPSA) is 111 Å². The van der Waals surface area contributed by atoms with Crippen LogP contribution in [0.2, 0.25) is 0 Å². The van der Waals surface area contributed by atoms with Gasteiger partial charge in [0, 0.05) is 12.8 Å². The van der Waals surface area contributed by atoms with E-state index in [-0.39, 0.29) is 38.6 Å². The highest BCUT2D eigenvalue weighted by Gasteiger charge is 2.22. The lowest BCUT2D eigenvalue weighted by Crippen LogP contribution is -2.44. The van der Waals surface area contributed by atoms with Crippen LogP contribution in [0, 0.1) is 0 Å². The molecule has 0 aromatic rings. The molecule has 2 atom stereocenters. The van der Waals surface area contributed by atoms with Gasteiger partial charge in [0.25, 0.3) is 0 Å². The van der Waals surface area contributed by atoms with E-state index < -0.39 is 24.3 Å². The number of rotatable bonds is 68. The summed E-state index contributed by atoms with van der Waals surface area (Å²) >= 11 is 0. The largest absolute Gasteiger partial charge is 0.545 e. The standard InChI is InChI=1S/C82H139NO8/c1-6-8-10-12-14-16-18-20-22-24-26-28-30-32-34-36-38-39-40-41-43-45-47-49-51-53-55-57-59-61-63-65-67-69-71-73-80(85)91-78(77-90-82(81(86)87)88-75-74-83(3,4)5)76-89-79(84)72-70-68-66-64-62-60-58-56-54-52-50-48-46-44-42-37-35-33-31-29-27-25-23-21-19-17-15-13-11-9-7-2/h8-11,14-17,20-23,26-29,32,34,38-39,41,43,78,82H,6-7,12-13,18-19,24-25,30-31,33,35-37,40,42,44-77H2,1-5H3/b10-8-,11-9-,16-14-,17-15-,22-20-,23-21-,28-26-,29-27-,34-32-,39-38-,43-41-. The van der Waals surface area contributed by atoms with Crippen LogP contribution < -0.4 is 5.11 Å². The van der Waals surface area contributed by atoms with E-state index >= 15 is 0 Å². The maximum Gasteiger partial charge on any atom is 0.306 e. The quantitative estimate of drug-likeness (QED) is 0.0195. The van der Waals surface area contributed by atoms with Crippen LogP contribution in [-0.2, 0) is 33.3 Å². The summed E-state index contributed by atoms with van der Waals surface area (Å²) in [6, 6.07) is 0. The number of ether oxygens (including phenoxy) is 4. The van der Waals surface area contributed by atoms with Gasteiger partial charge in [-0.25, -0.2) is 0 Å². The number of hydrogen-bond acceptors (Lipinski definition) is 8. The molecule has 0 bridgehead atoms. The minimum atomic E-state index is -1.63. The maximum absolute atomic E-state index is 13.0. The molecule has 520 valence electrons. The Bertz CT molecular complexity index is 1960. The second-order valence-electron chi connectivity index (χ2n) is 25.8. The van der Waals surface area contributed by atoms with Crippen LogP contribution in [0.5, 0.6) is 0 Å². The van der Waals surface area contributed by atoms with Crippen molar-refractivity contribution in [3.63, 3.8) is 0 Å². The number of carboxylic acids is 1. The normalized spacial score (nSPS) is 13.5. The molecule has 0 spiro atoms. The van der Waals surface area contributed by atoms with Crippen LogP contribution in [0.4, 0.5) is 0 Å².